The van der Waals surface area contributed by atoms with Crippen LogP contribution in [0.2, 0.25) is 0 Å². The number of hydrogen-bond donors (Lipinski definition) is 2. The molecule has 0 amide bonds. The fraction of sp³-hybridized carbons (Fsp3) is 0.615. The van der Waals surface area contributed by atoms with E-state index in [1.54, 1.807) is 18.5 Å². The van der Waals surface area contributed by atoms with E-state index in [4.69, 9.17) is 15.2 Å². The molecule has 1 aromatic heterocycles. The van der Waals surface area contributed by atoms with Crippen LogP contribution in [0.3, 0.4) is 0 Å². The maximum Gasteiger partial charge on any atom is 0.172 e. The molecule has 0 saturated carbocycles. The van der Waals surface area contributed by atoms with E-state index in [0.717, 1.165) is 17.7 Å². The molecule has 1 aromatic rings. The van der Waals surface area contributed by atoms with Crippen molar-refractivity contribution < 1.29 is 9.47 Å². The molecule has 5 nitrogen and oxygen atoms in total. The molecular weight excluding hydrogens is 230 g/mol. The van der Waals surface area contributed by atoms with Crippen LogP contribution in [0.15, 0.2) is 18.5 Å². The molecule has 0 aliphatic rings. The van der Waals surface area contributed by atoms with E-state index in [9.17, 15) is 0 Å². The zero-order chi connectivity index (χ0) is 13.4. The van der Waals surface area contributed by atoms with Gasteiger partial charge in [0.25, 0.3) is 0 Å². The van der Waals surface area contributed by atoms with Gasteiger partial charge in [0.1, 0.15) is 0 Å². The van der Waals surface area contributed by atoms with Crippen molar-refractivity contribution in [1.29, 1.82) is 0 Å². The van der Waals surface area contributed by atoms with Crippen LogP contribution < -0.4 is 11.1 Å². The molecule has 0 aromatic carbocycles. The van der Waals surface area contributed by atoms with Gasteiger partial charge in [-0.1, -0.05) is 0 Å². The van der Waals surface area contributed by atoms with Gasteiger partial charge < -0.3 is 20.5 Å². The first-order chi connectivity index (χ1) is 8.72. The molecule has 3 N–H and O–H groups in total. The number of aromatic nitrogens is 1. The quantitative estimate of drug-likeness (QED) is 0.681. The molecule has 1 unspecified atom stereocenters. The summed E-state index contributed by atoms with van der Waals surface area (Å²) in [5.74, 6) is 0. The Bertz CT molecular complexity index is 341. The third kappa shape index (κ3) is 4.25. The number of hydrogen-bond acceptors (Lipinski definition) is 5. The number of nitrogens with zero attached hydrogens (tertiary/aromatic N) is 1. The standard InChI is InChI=1S/C13H23N3O2/c1-4-17-13(18-5-2)12(15-3)8-10-9-16-7-6-11(10)14/h6-7,9,12-13,15H,4-5,8H2,1-3H3,(H2,14,16). The SMILES string of the molecule is CCOC(OCC)C(Cc1cnccc1N)NC. The maximum absolute atomic E-state index is 5.92. The predicted molar refractivity (Wildman–Crippen MR) is 72.2 cm³/mol. The summed E-state index contributed by atoms with van der Waals surface area (Å²) < 4.78 is 11.2. The molecule has 0 saturated heterocycles. The number of nitrogens with two attached hydrogens (primary N) is 1. The first-order valence-corrected chi connectivity index (χ1v) is 6.31. The highest BCUT2D eigenvalue weighted by molar-refractivity contribution is 5.44. The molecule has 0 radical (unpaired) electrons. The largest absolute Gasteiger partial charge is 0.398 e. The molecule has 102 valence electrons. The molecular formula is C13H23N3O2. The minimum atomic E-state index is -0.274. The van der Waals surface area contributed by atoms with Crippen LogP contribution in [0, 0.1) is 0 Å². The van der Waals surface area contributed by atoms with Crippen LogP contribution in [-0.2, 0) is 15.9 Å². The number of nitrogen functional groups attached to an aromatic ring is 1. The van der Waals surface area contributed by atoms with E-state index in [1.165, 1.54) is 0 Å². The highest BCUT2D eigenvalue weighted by Gasteiger charge is 2.21. The van der Waals surface area contributed by atoms with Crippen LogP contribution in [0.1, 0.15) is 19.4 Å². The van der Waals surface area contributed by atoms with Gasteiger partial charge in [0.05, 0.1) is 6.04 Å². The Kier molecular flexibility index (Phi) is 6.64. The predicted octanol–water partition coefficient (Wildman–Crippen LogP) is 1.19. The average molecular weight is 253 g/mol. The molecule has 0 aliphatic heterocycles. The Balaban J connectivity index is 2.73. The molecule has 1 heterocycles. The van der Waals surface area contributed by atoms with Crippen molar-refractivity contribution in [2.24, 2.45) is 0 Å². The van der Waals surface area contributed by atoms with Crippen molar-refractivity contribution in [1.82, 2.24) is 10.3 Å². The van der Waals surface area contributed by atoms with E-state index in [-0.39, 0.29) is 12.3 Å². The smallest absolute Gasteiger partial charge is 0.172 e. The molecule has 5 heteroatoms. The van der Waals surface area contributed by atoms with Gasteiger partial charge in [0, 0.05) is 31.3 Å². The number of rotatable bonds is 8. The van der Waals surface area contributed by atoms with Crippen molar-refractivity contribution in [3.05, 3.63) is 24.0 Å². The second-order valence-electron chi connectivity index (χ2n) is 3.95. The Morgan fingerprint density at radius 1 is 1.33 bits per heavy atom. The van der Waals surface area contributed by atoms with Crippen molar-refractivity contribution in [3.63, 3.8) is 0 Å². The zero-order valence-corrected chi connectivity index (χ0v) is 11.3. The minimum Gasteiger partial charge on any atom is -0.398 e. The van der Waals surface area contributed by atoms with Crippen molar-refractivity contribution in [2.45, 2.75) is 32.6 Å². The van der Waals surface area contributed by atoms with E-state index >= 15 is 0 Å². The Hall–Kier alpha value is -1.17. The maximum atomic E-state index is 5.92. The summed E-state index contributed by atoms with van der Waals surface area (Å²) in [4.78, 5) is 4.09. The molecule has 0 aliphatic carbocycles. The van der Waals surface area contributed by atoms with Crippen LogP contribution in [0.25, 0.3) is 0 Å². The number of pyridine rings is 1. The number of likely N-dealkylation sites (N-methyl/N-ethyl adjacent to an activating group) is 1. The first kappa shape index (κ1) is 14.9. The Morgan fingerprint density at radius 2 is 2.00 bits per heavy atom. The topological polar surface area (TPSA) is 69.4 Å². The van der Waals surface area contributed by atoms with Crippen LogP contribution >= 0.6 is 0 Å². The van der Waals surface area contributed by atoms with Gasteiger partial charge in [-0.25, -0.2) is 0 Å². The summed E-state index contributed by atoms with van der Waals surface area (Å²) in [6.45, 7) is 5.14. The van der Waals surface area contributed by atoms with Crippen LogP contribution in [0.4, 0.5) is 5.69 Å². The zero-order valence-electron chi connectivity index (χ0n) is 11.3. The fourth-order valence-electron chi connectivity index (χ4n) is 1.79. The first-order valence-electron chi connectivity index (χ1n) is 6.31. The highest BCUT2D eigenvalue weighted by Crippen LogP contribution is 2.14. The summed E-state index contributed by atoms with van der Waals surface area (Å²) in [6.07, 6.45) is 3.93. The van der Waals surface area contributed by atoms with Crippen molar-refractivity contribution in [3.8, 4) is 0 Å². The van der Waals surface area contributed by atoms with Gasteiger partial charge in [-0.05, 0) is 38.9 Å². The number of nitrogens with one attached hydrogen (secondary N) is 1. The van der Waals surface area contributed by atoms with Gasteiger partial charge in [0.2, 0.25) is 0 Å². The Labute approximate surface area is 109 Å². The second-order valence-corrected chi connectivity index (χ2v) is 3.95. The normalized spacial score (nSPS) is 12.9. The lowest BCUT2D eigenvalue weighted by Crippen LogP contribution is -2.43. The summed E-state index contributed by atoms with van der Waals surface area (Å²) in [5, 5.41) is 3.21. The van der Waals surface area contributed by atoms with Crippen molar-refractivity contribution in [2.75, 3.05) is 26.0 Å². The van der Waals surface area contributed by atoms with Gasteiger partial charge in [-0.3, -0.25) is 4.98 Å². The van der Waals surface area contributed by atoms with Gasteiger partial charge in [-0.2, -0.15) is 0 Å². The van der Waals surface area contributed by atoms with Gasteiger partial charge in [0.15, 0.2) is 6.29 Å². The molecule has 18 heavy (non-hydrogen) atoms. The molecule has 0 bridgehead atoms. The average Bonchev–Trinajstić information content (AvgIpc) is 2.38. The summed E-state index contributed by atoms with van der Waals surface area (Å²) >= 11 is 0. The number of anilines is 1. The third-order valence-electron chi connectivity index (χ3n) is 2.74. The molecule has 0 spiro atoms. The van der Waals surface area contributed by atoms with Crippen molar-refractivity contribution >= 4 is 5.69 Å². The highest BCUT2D eigenvalue weighted by atomic mass is 16.7. The van der Waals surface area contributed by atoms with Crippen LogP contribution in [0.5, 0.6) is 0 Å². The van der Waals surface area contributed by atoms with Crippen LogP contribution in [-0.4, -0.2) is 37.6 Å². The Morgan fingerprint density at radius 3 is 2.50 bits per heavy atom. The lowest BCUT2D eigenvalue weighted by molar-refractivity contribution is -0.152. The lowest BCUT2D eigenvalue weighted by Gasteiger charge is -2.26. The molecule has 0 fully saturated rings. The number of ether oxygens (including phenoxy) is 2. The monoisotopic (exact) mass is 253 g/mol. The molecule has 1 rings (SSSR count). The van der Waals surface area contributed by atoms with Gasteiger partial charge in [-0.15, -0.1) is 0 Å². The van der Waals surface area contributed by atoms with E-state index in [0.29, 0.717) is 13.2 Å². The van der Waals surface area contributed by atoms with E-state index < -0.39 is 0 Å². The van der Waals surface area contributed by atoms with E-state index in [2.05, 4.69) is 10.3 Å². The lowest BCUT2D eigenvalue weighted by atomic mass is 10.1. The molecule has 1 atom stereocenters. The third-order valence-corrected chi connectivity index (χ3v) is 2.74. The van der Waals surface area contributed by atoms with E-state index in [1.807, 2.05) is 20.9 Å². The summed E-state index contributed by atoms with van der Waals surface area (Å²) in [6, 6.07) is 1.86. The fourth-order valence-corrected chi connectivity index (χ4v) is 1.79. The van der Waals surface area contributed by atoms with Gasteiger partial charge >= 0.3 is 0 Å². The summed E-state index contributed by atoms with van der Waals surface area (Å²) in [5.41, 5.74) is 7.67. The second kappa shape index (κ2) is 8.02. The summed E-state index contributed by atoms with van der Waals surface area (Å²) in [7, 11) is 1.89. The minimum absolute atomic E-state index is 0.0522.